The molecule has 1 heterocycles. The Bertz CT molecular complexity index is 516. The van der Waals surface area contributed by atoms with Crippen LogP contribution >= 0.6 is 0 Å². The SMILES string of the molecule is CCNC(C)c1ccn(CCc2ccc(OC)cc2)c1. The van der Waals surface area contributed by atoms with Crippen LogP contribution in [0.3, 0.4) is 0 Å². The van der Waals surface area contributed by atoms with Crippen LogP contribution in [0.1, 0.15) is 31.0 Å². The zero-order valence-electron chi connectivity index (χ0n) is 12.6. The second-order valence-electron chi connectivity index (χ2n) is 5.06. The highest BCUT2D eigenvalue weighted by atomic mass is 16.5. The van der Waals surface area contributed by atoms with Gasteiger partial charge in [0, 0.05) is 25.0 Å². The molecule has 0 saturated heterocycles. The first-order valence-corrected chi connectivity index (χ1v) is 7.25. The van der Waals surface area contributed by atoms with Crippen LogP contribution < -0.4 is 10.1 Å². The van der Waals surface area contributed by atoms with Gasteiger partial charge >= 0.3 is 0 Å². The minimum absolute atomic E-state index is 0.419. The second kappa shape index (κ2) is 7.15. The summed E-state index contributed by atoms with van der Waals surface area (Å²) >= 11 is 0. The van der Waals surface area contributed by atoms with Crippen molar-refractivity contribution in [2.45, 2.75) is 32.9 Å². The topological polar surface area (TPSA) is 26.2 Å². The second-order valence-corrected chi connectivity index (χ2v) is 5.06. The molecule has 0 saturated carbocycles. The van der Waals surface area contributed by atoms with Crippen LogP contribution in [0.4, 0.5) is 0 Å². The molecule has 0 aliphatic heterocycles. The van der Waals surface area contributed by atoms with Crippen LogP contribution in [0.25, 0.3) is 0 Å². The third kappa shape index (κ3) is 3.87. The monoisotopic (exact) mass is 272 g/mol. The number of methoxy groups -OCH3 is 1. The van der Waals surface area contributed by atoms with Crippen molar-refractivity contribution in [1.29, 1.82) is 0 Å². The number of benzene rings is 1. The van der Waals surface area contributed by atoms with Crippen LogP contribution in [0.5, 0.6) is 5.75 Å². The van der Waals surface area contributed by atoms with Gasteiger partial charge in [-0.1, -0.05) is 19.1 Å². The van der Waals surface area contributed by atoms with Gasteiger partial charge in [-0.05, 0) is 49.2 Å². The van der Waals surface area contributed by atoms with Crippen LogP contribution in [-0.2, 0) is 13.0 Å². The van der Waals surface area contributed by atoms with Crippen molar-refractivity contribution < 1.29 is 4.74 Å². The third-order valence-corrected chi connectivity index (χ3v) is 3.60. The number of nitrogens with one attached hydrogen (secondary N) is 1. The summed E-state index contributed by atoms with van der Waals surface area (Å²) in [6.45, 7) is 6.34. The molecular formula is C17H24N2O. The van der Waals surface area contributed by atoms with Gasteiger partial charge in [0.05, 0.1) is 7.11 Å². The van der Waals surface area contributed by atoms with Gasteiger partial charge in [-0.15, -0.1) is 0 Å². The van der Waals surface area contributed by atoms with E-state index in [1.807, 2.05) is 12.1 Å². The van der Waals surface area contributed by atoms with E-state index in [9.17, 15) is 0 Å². The first-order chi connectivity index (χ1) is 9.72. The quantitative estimate of drug-likeness (QED) is 0.836. The van der Waals surface area contributed by atoms with Crippen molar-refractivity contribution in [3.05, 3.63) is 53.9 Å². The summed E-state index contributed by atoms with van der Waals surface area (Å²) in [6, 6.07) is 10.9. The van der Waals surface area contributed by atoms with Crippen LogP contribution in [0, 0.1) is 0 Å². The summed E-state index contributed by atoms with van der Waals surface area (Å²) < 4.78 is 7.43. The van der Waals surface area contributed by atoms with E-state index >= 15 is 0 Å². The van der Waals surface area contributed by atoms with Gasteiger partial charge < -0.3 is 14.6 Å². The Morgan fingerprint density at radius 1 is 1.20 bits per heavy atom. The van der Waals surface area contributed by atoms with E-state index in [-0.39, 0.29) is 0 Å². The van der Waals surface area contributed by atoms with Gasteiger partial charge in [0.25, 0.3) is 0 Å². The molecule has 3 heteroatoms. The molecule has 1 atom stereocenters. The fourth-order valence-corrected chi connectivity index (χ4v) is 2.33. The predicted octanol–water partition coefficient (Wildman–Crippen LogP) is 3.41. The van der Waals surface area contributed by atoms with Crippen molar-refractivity contribution in [2.24, 2.45) is 0 Å². The molecule has 1 aromatic carbocycles. The average Bonchev–Trinajstić information content (AvgIpc) is 2.95. The largest absolute Gasteiger partial charge is 0.497 e. The maximum absolute atomic E-state index is 5.17. The summed E-state index contributed by atoms with van der Waals surface area (Å²) in [6.07, 6.45) is 5.43. The first-order valence-electron chi connectivity index (χ1n) is 7.25. The highest BCUT2D eigenvalue weighted by Gasteiger charge is 2.05. The third-order valence-electron chi connectivity index (χ3n) is 3.60. The molecule has 2 aromatic rings. The standard InChI is InChI=1S/C17H24N2O/c1-4-18-14(2)16-10-12-19(13-16)11-9-15-5-7-17(20-3)8-6-15/h5-8,10,12-14,18H,4,9,11H2,1-3H3. The fourth-order valence-electron chi connectivity index (χ4n) is 2.33. The predicted molar refractivity (Wildman–Crippen MR) is 83.2 cm³/mol. The maximum Gasteiger partial charge on any atom is 0.118 e. The minimum Gasteiger partial charge on any atom is -0.497 e. The van der Waals surface area contributed by atoms with Gasteiger partial charge in [-0.3, -0.25) is 0 Å². The normalized spacial score (nSPS) is 12.3. The van der Waals surface area contributed by atoms with Crippen molar-refractivity contribution >= 4 is 0 Å². The van der Waals surface area contributed by atoms with Crippen molar-refractivity contribution in [2.75, 3.05) is 13.7 Å². The Morgan fingerprint density at radius 2 is 1.95 bits per heavy atom. The number of ether oxygens (including phenoxy) is 1. The number of hydrogen-bond donors (Lipinski definition) is 1. The molecule has 1 aromatic heterocycles. The zero-order valence-corrected chi connectivity index (χ0v) is 12.6. The Morgan fingerprint density at radius 3 is 2.60 bits per heavy atom. The smallest absolute Gasteiger partial charge is 0.118 e. The van der Waals surface area contributed by atoms with Gasteiger partial charge in [0.1, 0.15) is 5.75 Å². The van der Waals surface area contributed by atoms with E-state index in [0.29, 0.717) is 6.04 Å². The number of aromatic nitrogens is 1. The molecule has 2 rings (SSSR count). The van der Waals surface area contributed by atoms with E-state index in [2.05, 4.69) is 54.3 Å². The van der Waals surface area contributed by atoms with Crippen molar-refractivity contribution in [1.82, 2.24) is 9.88 Å². The minimum atomic E-state index is 0.419. The van der Waals surface area contributed by atoms with E-state index in [1.54, 1.807) is 7.11 Å². The van der Waals surface area contributed by atoms with E-state index in [1.165, 1.54) is 11.1 Å². The Balaban J connectivity index is 1.90. The van der Waals surface area contributed by atoms with Crippen LogP contribution in [0.2, 0.25) is 0 Å². The maximum atomic E-state index is 5.17. The number of nitrogens with zero attached hydrogens (tertiary/aromatic N) is 1. The molecule has 20 heavy (non-hydrogen) atoms. The Hall–Kier alpha value is -1.74. The van der Waals surface area contributed by atoms with Gasteiger partial charge in [0.15, 0.2) is 0 Å². The molecule has 0 bridgehead atoms. The highest BCUT2D eigenvalue weighted by molar-refractivity contribution is 5.27. The number of rotatable bonds is 7. The molecule has 1 N–H and O–H groups in total. The van der Waals surface area contributed by atoms with Gasteiger partial charge in [-0.2, -0.15) is 0 Å². The molecule has 0 aliphatic carbocycles. The lowest BCUT2D eigenvalue weighted by Gasteiger charge is -2.10. The first kappa shape index (κ1) is 14.7. The lowest BCUT2D eigenvalue weighted by molar-refractivity contribution is 0.414. The lowest BCUT2D eigenvalue weighted by Crippen LogP contribution is -2.17. The average molecular weight is 272 g/mol. The Labute approximate surface area is 121 Å². The number of hydrogen-bond acceptors (Lipinski definition) is 2. The summed E-state index contributed by atoms with van der Waals surface area (Å²) in [4.78, 5) is 0. The lowest BCUT2D eigenvalue weighted by atomic mass is 10.1. The molecule has 0 radical (unpaired) electrons. The molecular weight excluding hydrogens is 248 g/mol. The van der Waals surface area contributed by atoms with Gasteiger partial charge in [0.2, 0.25) is 0 Å². The van der Waals surface area contributed by atoms with Crippen molar-refractivity contribution in [3.8, 4) is 5.75 Å². The Kier molecular flexibility index (Phi) is 5.24. The summed E-state index contributed by atoms with van der Waals surface area (Å²) in [5, 5.41) is 3.43. The summed E-state index contributed by atoms with van der Waals surface area (Å²) in [5.74, 6) is 0.913. The van der Waals surface area contributed by atoms with Crippen LogP contribution in [0.15, 0.2) is 42.7 Å². The number of aryl methyl sites for hydroxylation is 2. The van der Waals surface area contributed by atoms with Crippen LogP contribution in [-0.4, -0.2) is 18.2 Å². The molecule has 0 aliphatic rings. The summed E-state index contributed by atoms with van der Waals surface area (Å²) in [7, 11) is 1.70. The molecule has 1 unspecified atom stereocenters. The molecule has 3 nitrogen and oxygen atoms in total. The molecule has 0 spiro atoms. The van der Waals surface area contributed by atoms with E-state index in [4.69, 9.17) is 4.74 Å². The summed E-state index contributed by atoms with van der Waals surface area (Å²) in [5.41, 5.74) is 2.68. The molecule has 0 amide bonds. The molecule has 108 valence electrons. The van der Waals surface area contributed by atoms with E-state index in [0.717, 1.165) is 25.3 Å². The fraction of sp³-hybridized carbons (Fsp3) is 0.412. The van der Waals surface area contributed by atoms with Gasteiger partial charge in [-0.25, -0.2) is 0 Å². The highest BCUT2D eigenvalue weighted by Crippen LogP contribution is 2.15. The van der Waals surface area contributed by atoms with Crippen molar-refractivity contribution in [3.63, 3.8) is 0 Å². The zero-order chi connectivity index (χ0) is 14.4. The van der Waals surface area contributed by atoms with E-state index < -0.39 is 0 Å². The molecule has 0 fully saturated rings.